The molecule has 0 atom stereocenters. The second kappa shape index (κ2) is 12.3. The van der Waals surface area contributed by atoms with E-state index in [1.54, 1.807) is 0 Å². The summed E-state index contributed by atoms with van der Waals surface area (Å²) in [4.78, 5) is 0. The van der Waals surface area contributed by atoms with Crippen LogP contribution in [0.1, 0.15) is 0 Å². The first-order valence-corrected chi connectivity index (χ1v) is 20.6. The molecule has 0 aliphatic carbocycles. The number of hydrogen-bond donors (Lipinski definition) is 0. The second-order valence-corrected chi connectivity index (χ2v) is 16.4. The summed E-state index contributed by atoms with van der Waals surface area (Å²) in [5.41, 5.74) is 15.1. The molecule has 4 aromatic heterocycles. The number of furan rings is 2. The third-order valence-corrected chi connectivity index (χ3v) is 12.6. The average Bonchev–Trinajstić information content (AvgIpc) is 4.03. The molecule has 13 rings (SSSR count). The van der Waals surface area contributed by atoms with Crippen molar-refractivity contribution in [3.63, 3.8) is 0 Å². The molecular weight excluding hydrogens is 789 g/mol. The van der Waals surface area contributed by atoms with Crippen LogP contribution in [0.15, 0.2) is 201 Å². The zero-order valence-electron chi connectivity index (χ0n) is 31.5. The van der Waals surface area contributed by atoms with Crippen LogP contribution < -0.4 is 0 Å². The van der Waals surface area contributed by atoms with Crippen LogP contribution in [0, 0.1) is 0 Å². The van der Waals surface area contributed by atoms with Crippen LogP contribution in [0.2, 0.25) is 0 Å². The van der Waals surface area contributed by atoms with Crippen molar-refractivity contribution in [2.24, 2.45) is 0 Å². The maximum Gasteiger partial charge on any atom is 0.137 e. The van der Waals surface area contributed by atoms with E-state index >= 15 is 0 Å². The first-order valence-electron chi connectivity index (χ1n) is 19.8. The zero-order valence-corrected chi connectivity index (χ0v) is 33.1. The SMILES string of the molecule is Brc1cc(-c2ccc3c(c2)c2ccccc2n3-c2ccc3c(c2)oc2ccccc23)cc(-c2ccc3c(c2)c2ccccc2n3-c2ccc3oc4ccccc4c3c2)c1. The minimum absolute atomic E-state index is 0.889. The highest BCUT2D eigenvalue weighted by Crippen LogP contribution is 2.41. The van der Waals surface area contributed by atoms with Crippen LogP contribution in [0.3, 0.4) is 0 Å². The summed E-state index contributed by atoms with van der Waals surface area (Å²) in [5, 5.41) is 9.37. The topological polar surface area (TPSA) is 36.1 Å². The standard InChI is InChI=1S/C54H31BrN2O2/c55-36-26-34(32-17-22-49-44(28-32)39-9-1-5-13-47(39)56(49)37-20-24-53-46(30-37)42-12-4-8-16-52(42)58-53)25-35(27-36)33-18-23-50-45(29-33)40-10-2-6-14-48(40)57(50)38-19-21-43-41-11-3-7-15-51(41)59-54(43)31-38/h1-31H. The molecule has 9 aromatic carbocycles. The monoisotopic (exact) mass is 818 g/mol. The van der Waals surface area contributed by atoms with Crippen molar-refractivity contribution in [3.05, 3.63) is 193 Å². The summed E-state index contributed by atoms with van der Waals surface area (Å²) in [6, 6.07) is 67.5. The van der Waals surface area contributed by atoms with Gasteiger partial charge >= 0.3 is 0 Å². The Morgan fingerprint density at radius 1 is 0.288 bits per heavy atom. The fourth-order valence-electron chi connectivity index (χ4n) is 9.49. The lowest BCUT2D eigenvalue weighted by Crippen LogP contribution is -1.93. The minimum atomic E-state index is 0.889. The van der Waals surface area contributed by atoms with E-state index in [4.69, 9.17) is 8.83 Å². The molecule has 5 heteroatoms. The van der Waals surface area contributed by atoms with Crippen LogP contribution in [0.4, 0.5) is 0 Å². The van der Waals surface area contributed by atoms with Gasteiger partial charge in [0.05, 0.1) is 22.1 Å². The summed E-state index contributed by atoms with van der Waals surface area (Å²) in [6.07, 6.45) is 0. The molecular formula is C54H31BrN2O2. The lowest BCUT2D eigenvalue weighted by Gasteiger charge is -2.11. The van der Waals surface area contributed by atoms with Crippen LogP contribution in [0.25, 0.3) is 121 Å². The summed E-state index contributed by atoms with van der Waals surface area (Å²) in [7, 11) is 0. The molecule has 0 fully saturated rings. The minimum Gasteiger partial charge on any atom is -0.456 e. The molecule has 0 bridgehead atoms. The van der Waals surface area contributed by atoms with Gasteiger partial charge in [-0.1, -0.05) is 101 Å². The Balaban J connectivity index is 0.931. The molecule has 0 unspecified atom stereocenters. The highest BCUT2D eigenvalue weighted by Gasteiger charge is 2.18. The fraction of sp³-hybridized carbons (Fsp3) is 0. The highest BCUT2D eigenvalue weighted by molar-refractivity contribution is 9.10. The van der Waals surface area contributed by atoms with Crippen molar-refractivity contribution in [2.45, 2.75) is 0 Å². The summed E-state index contributed by atoms with van der Waals surface area (Å²) in [5.74, 6) is 0. The maximum atomic E-state index is 6.32. The van der Waals surface area contributed by atoms with Crippen LogP contribution >= 0.6 is 15.9 Å². The second-order valence-electron chi connectivity index (χ2n) is 15.5. The van der Waals surface area contributed by atoms with Crippen molar-refractivity contribution in [1.29, 1.82) is 0 Å². The Bertz CT molecular complexity index is 3880. The summed E-state index contributed by atoms with van der Waals surface area (Å²) < 4.78 is 18.3. The normalized spacial score (nSPS) is 12.2. The molecule has 13 aromatic rings. The molecule has 0 saturated heterocycles. The number of hydrogen-bond acceptors (Lipinski definition) is 2. The number of rotatable bonds is 4. The molecule has 0 aliphatic rings. The van der Waals surface area contributed by atoms with E-state index in [2.05, 4.69) is 189 Å². The van der Waals surface area contributed by atoms with Gasteiger partial charge in [-0.3, -0.25) is 0 Å². The van der Waals surface area contributed by atoms with E-state index in [9.17, 15) is 0 Å². The van der Waals surface area contributed by atoms with Gasteiger partial charge in [-0.05, 0) is 119 Å². The third kappa shape index (κ3) is 4.89. The first-order chi connectivity index (χ1) is 29.1. The van der Waals surface area contributed by atoms with E-state index < -0.39 is 0 Å². The van der Waals surface area contributed by atoms with Crippen molar-refractivity contribution >= 4 is 103 Å². The van der Waals surface area contributed by atoms with Gasteiger partial charge < -0.3 is 18.0 Å². The number of benzene rings is 9. The van der Waals surface area contributed by atoms with Crippen LogP contribution in [0.5, 0.6) is 0 Å². The Morgan fingerprint density at radius 3 is 1.37 bits per heavy atom. The van der Waals surface area contributed by atoms with Gasteiger partial charge in [0, 0.05) is 65.0 Å². The van der Waals surface area contributed by atoms with Gasteiger partial charge in [0.25, 0.3) is 0 Å². The molecule has 59 heavy (non-hydrogen) atoms. The number of aromatic nitrogens is 2. The largest absolute Gasteiger partial charge is 0.456 e. The maximum absolute atomic E-state index is 6.32. The van der Waals surface area contributed by atoms with E-state index in [0.29, 0.717) is 0 Å². The summed E-state index contributed by atoms with van der Waals surface area (Å²) in [6.45, 7) is 0. The molecule has 276 valence electrons. The number of fused-ring (bicyclic) bond motifs is 12. The van der Waals surface area contributed by atoms with E-state index in [0.717, 1.165) is 93.0 Å². The predicted molar refractivity (Wildman–Crippen MR) is 248 cm³/mol. The van der Waals surface area contributed by atoms with Crippen LogP contribution in [-0.2, 0) is 0 Å². The molecule has 4 heterocycles. The molecule has 0 aliphatic heterocycles. The smallest absolute Gasteiger partial charge is 0.137 e. The van der Waals surface area contributed by atoms with E-state index in [-0.39, 0.29) is 0 Å². The predicted octanol–water partition coefficient (Wildman–Crippen LogP) is 15.8. The fourth-order valence-corrected chi connectivity index (χ4v) is 9.98. The Hall–Kier alpha value is -7.34. The molecule has 0 saturated carbocycles. The van der Waals surface area contributed by atoms with Crippen LogP contribution in [-0.4, -0.2) is 9.13 Å². The highest BCUT2D eigenvalue weighted by atomic mass is 79.9. The van der Waals surface area contributed by atoms with Crippen molar-refractivity contribution in [3.8, 4) is 33.6 Å². The lowest BCUT2D eigenvalue weighted by atomic mass is 9.97. The number of para-hydroxylation sites is 4. The molecule has 0 spiro atoms. The van der Waals surface area contributed by atoms with Crippen molar-refractivity contribution in [1.82, 2.24) is 9.13 Å². The number of halogens is 1. The van der Waals surface area contributed by atoms with Gasteiger partial charge in [-0.15, -0.1) is 0 Å². The van der Waals surface area contributed by atoms with E-state index in [1.807, 2.05) is 24.3 Å². The Morgan fingerprint density at radius 2 is 0.746 bits per heavy atom. The van der Waals surface area contributed by atoms with Gasteiger partial charge in [0.1, 0.15) is 22.3 Å². The summed E-state index contributed by atoms with van der Waals surface area (Å²) >= 11 is 3.90. The van der Waals surface area contributed by atoms with Gasteiger partial charge in [0.2, 0.25) is 0 Å². The first kappa shape index (κ1) is 32.7. The quantitative estimate of drug-likeness (QED) is 0.177. The average molecular weight is 820 g/mol. The van der Waals surface area contributed by atoms with Gasteiger partial charge in [-0.2, -0.15) is 0 Å². The van der Waals surface area contributed by atoms with Crippen molar-refractivity contribution < 1.29 is 8.83 Å². The van der Waals surface area contributed by atoms with Crippen molar-refractivity contribution in [2.75, 3.05) is 0 Å². The molecule has 0 N–H and O–H groups in total. The van der Waals surface area contributed by atoms with E-state index in [1.165, 1.54) is 32.6 Å². The molecule has 0 radical (unpaired) electrons. The number of nitrogens with zero attached hydrogens (tertiary/aromatic N) is 2. The molecule has 4 nitrogen and oxygen atoms in total. The lowest BCUT2D eigenvalue weighted by molar-refractivity contribution is 0.668. The zero-order chi connectivity index (χ0) is 38.8. The van der Waals surface area contributed by atoms with Gasteiger partial charge in [0.15, 0.2) is 0 Å². The Kier molecular flexibility index (Phi) is 6.84. The van der Waals surface area contributed by atoms with Gasteiger partial charge in [-0.25, -0.2) is 0 Å². The molecule has 0 amide bonds. The Labute approximate surface area is 345 Å². The third-order valence-electron chi connectivity index (χ3n) is 12.1.